The first kappa shape index (κ1) is 17.7. The number of rotatable bonds is 3. The third kappa shape index (κ3) is 3.44. The summed E-state index contributed by atoms with van der Waals surface area (Å²) in [5.41, 5.74) is 3.76. The number of nitrogens with zero attached hydrogens (tertiary/aromatic N) is 6. The number of hydrogen-bond donors (Lipinski definition) is 0. The van der Waals surface area contributed by atoms with Gasteiger partial charge in [0.05, 0.1) is 18.3 Å². The summed E-state index contributed by atoms with van der Waals surface area (Å²) in [7, 11) is 0. The van der Waals surface area contributed by atoms with Crippen LogP contribution in [0.3, 0.4) is 0 Å². The molecule has 0 saturated carbocycles. The van der Waals surface area contributed by atoms with Crippen LogP contribution in [0.15, 0.2) is 24.5 Å². The smallest absolute Gasteiger partial charge is 0.259 e. The first-order chi connectivity index (χ1) is 13.0. The Bertz CT molecular complexity index is 962. The number of hydrogen-bond acceptors (Lipinski definition) is 5. The molecule has 0 N–H and O–H groups in total. The minimum absolute atomic E-state index is 0.0315. The van der Waals surface area contributed by atoms with Gasteiger partial charge >= 0.3 is 0 Å². The molecule has 0 aliphatic carbocycles. The Morgan fingerprint density at radius 3 is 2.96 bits per heavy atom. The fourth-order valence-corrected chi connectivity index (χ4v) is 3.64. The largest absolute Gasteiger partial charge is 0.374 e. The molecule has 1 aliphatic heterocycles. The van der Waals surface area contributed by atoms with E-state index in [1.807, 2.05) is 48.7 Å². The minimum Gasteiger partial charge on any atom is -0.374 e. The number of ether oxygens (including phenoxy) is 1. The maximum absolute atomic E-state index is 13.4. The van der Waals surface area contributed by atoms with Gasteiger partial charge in [0.15, 0.2) is 5.65 Å². The molecule has 3 aromatic rings. The van der Waals surface area contributed by atoms with Gasteiger partial charge in [0.1, 0.15) is 5.56 Å². The number of fused-ring (bicyclic) bond motifs is 1. The molecule has 8 heteroatoms. The summed E-state index contributed by atoms with van der Waals surface area (Å²) in [5.74, 6) is -0.0315. The zero-order valence-electron chi connectivity index (χ0n) is 15.9. The van der Waals surface area contributed by atoms with Crippen LogP contribution in [0, 0.1) is 20.8 Å². The Balaban J connectivity index is 1.63. The minimum atomic E-state index is -0.0880. The summed E-state index contributed by atoms with van der Waals surface area (Å²) in [6.45, 7) is 8.23. The summed E-state index contributed by atoms with van der Waals surface area (Å²) in [6.07, 6.45) is 4.38. The molecule has 0 radical (unpaired) electrons. The third-order valence-electron chi connectivity index (χ3n) is 4.87. The highest BCUT2D eigenvalue weighted by molar-refractivity contribution is 6.01. The second-order valence-electron chi connectivity index (χ2n) is 7.06. The second-order valence-corrected chi connectivity index (χ2v) is 7.06. The van der Waals surface area contributed by atoms with Crippen molar-refractivity contribution in [2.24, 2.45) is 0 Å². The van der Waals surface area contributed by atoms with Gasteiger partial charge in [-0.25, -0.2) is 9.50 Å². The molecular weight excluding hydrogens is 344 g/mol. The fourth-order valence-electron chi connectivity index (χ4n) is 3.64. The molecule has 142 valence electrons. The maximum atomic E-state index is 13.4. The van der Waals surface area contributed by atoms with Crippen LogP contribution >= 0.6 is 0 Å². The van der Waals surface area contributed by atoms with Crippen LogP contribution in [-0.4, -0.2) is 61.0 Å². The number of carbonyl (C=O) groups excluding carboxylic acids is 1. The van der Waals surface area contributed by atoms with E-state index < -0.39 is 0 Å². The molecule has 1 amide bonds. The summed E-state index contributed by atoms with van der Waals surface area (Å²) < 4.78 is 9.53. The molecular formula is C19H24N6O2. The lowest BCUT2D eigenvalue weighted by atomic mass is 10.2. The average molecular weight is 368 g/mol. The van der Waals surface area contributed by atoms with Crippen molar-refractivity contribution < 1.29 is 9.53 Å². The lowest BCUT2D eigenvalue weighted by Crippen LogP contribution is -2.38. The Morgan fingerprint density at radius 2 is 2.19 bits per heavy atom. The topological polar surface area (TPSA) is 77.5 Å². The normalized spacial score (nSPS) is 18.0. The SMILES string of the molecule is Cc1cc(C)n2nc(C)c(C(=O)N3CCCOC(Cn4cccn4)C3)c2n1. The van der Waals surface area contributed by atoms with Crippen LogP contribution in [-0.2, 0) is 11.3 Å². The van der Waals surface area contributed by atoms with E-state index in [0.29, 0.717) is 43.1 Å². The average Bonchev–Trinajstić information content (AvgIpc) is 3.16. The van der Waals surface area contributed by atoms with Crippen molar-refractivity contribution >= 4 is 11.6 Å². The molecule has 1 fully saturated rings. The van der Waals surface area contributed by atoms with E-state index in [1.54, 1.807) is 10.7 Å². The van der Waals surface area contributed by atoms with Gasteiger partial charge in [-0.2, -0.15) is 10.2 Å². The van der Waals surface area contributed by atoms with Crippen molar-refractivity contribution in [1.82, 2.24) is 29.3 Å². The Labute approximate surface area is 157 Å². The molecule has 27 heavy (non-hydrogen) atoms. The number of aromatic nitrogens is 5. The van der Waals surface area contributed by atoms with Crippen LogP contribution in [0.1, 0.15) is 33.9 Å². The standard InChI is InChI=1S/C19H24N6O2/c1-13-10-14(2)25-18(21-13)17(15(3)22-25)19(26)23-7-5-9-27-16(11-23)12-24-8-4-6-20-24/h4,6,8,10,16H,5,7,9,11-12H2,1-3H3. The van der Waals surface area contributed by atoms with Crippen LogP contribution in [0.5, 0.6) is 0 Å². The fraction of sp³-hybridized carbons (Fsp3) is 0.474. The van der Waals surface area contributed by atoms with Crippen molar-refractivity contribution in [3.63, 3.8) is 0 Å². The van der Waals surface area contributed by atoms with Gasteiger partial charge in [0, 0.05) is 43.5 Å². The third-order valence-corrected chi connectivity index (χ3v) is 4.87. The van der Waals surface area contributed by atoms with Gasteiger partial charge in [-0.15, -0.1) is 0 Å². The Morgan fingerprint density at radius 1 is 1.33 bits per heavy atom. The molecule has 1 unspecified atom stereocenters. The zero-order valence-corrected chi connectivity index (χ0v) is 15.9. The van der Waals surface area contributed by atoms with Gasteiger partial charge in [-0.05, 0) is 39.3 Å². The quantitative estimate of drug-likeness (QED) is 0.704. The van der Waals surface area contributed by atoms with E-state index in [1.165, 1.54) is 0 Å². The lowest BCUT2D eigenvalue weighted by molar-refractivity contribution is 0.0367. The first-order valence-electron chi connectivity index (χ1n) is 9.25. The van der Waals surface area contributed by atoms with Gasteiger partial charge in [-0.1, -0.05) is 0 Å². The number of amides is 1. The molecule has 1 saturated heterocycles. The predicted molar refractivity (Wildman–Crippen MR) is 99.7 cm³/mol. The van der Waals surface area contributed by atoms with Gasteiger partial charge < -0.3 is 9.64 Å². The van der Waals surface area contributed by atoms with E-state index in [0.717, 1.165) is 17.8 Å². The molecule has 0 spiro atoms. The van der Waals surface area contributed by atoms with E-state index in [-0.39, 0.29) is 12.0 Å². The second kappa shape index (κ2) is 7.11. The summed E-state index contributed by atoms with van der Waals surface area (Å²) in [4.78, 5) is 19.8. The van der Waals surface area contributed by atoms with E-state index in [9.17, 15) is 4.79 Å². The summed E-state index contributed by atoms with van der Waals surface area (Å²) in [6, 6.07) is 3.85. The van der Waals surface area contributed by atoms with E-state index >= 15 is 0 Å². The van der Waals surface area contributed by atoms with Crippen molar-refractivity contribution in [3.05, 3.63) is 47.2 Å². The molecule has 4 rings (SSSR count). The van der Waals surface area contributed by atoms with Crippen LogP contribution in [0.2, 0.25) is 0 Å². The van der Waals surface area contributed by atoms with Gasteiger partial charge in [0.2, 0.25) is 0 Å². The van der Waals surface area contributed by atoms with E-state index in [2.05, 4.69) is 15.2 Å². The molecule has 3 aromatic heterocycles. The van der Waals surface area contributed by atoms with Gasteiger partial charge in [0.25, 0.3) is 5.91 Å². The molecule has 1 aliphatic rings. The summed E-state index contributed by atoms with van der Waals surface area (Å²) >= 11 is 0. The van der Waals surface area contributed by atoms with Crippen LogP contribution in [0.25, 0.3) is 5.65 Å². The monoisotopic (exact) mass is 368 g/mol. The predicted octanol–water partition coefficient (Wildman–Crippen LogP) is 1.78. The number of carbonyl (C=O) groups is 1. The molecule has 8 nitrogen and oxygen atoms in total. The first-order valence-corrected chi connectivity index (χ1v) is 9.25. The zero-order chi connectivity index (χ0) is 19.0. The Kier molecular flexibility index (Phi) is 4.65. The van der Waals surface area contributed by atoms with Crippen molar-refractivity contribution in [2.45, 2.75) is 39.8 Å². The van der Waals surface area contributed by atoms with E-state index in [4.69, 9.17) is 4.74 Å². The molecule has 0 bridgehead atoms. The molecule has 0 aromatic carbocycles. The Hall–Kier alpha value is -2.74. The van der Waals surface area contributed by atoms with Crippen LogP contribution in [0.4, 0.5) is 0 Å². The number of aryl methyl sites for hydroxylation is 3. The van der Waals surface area contributed by atoms with Crippen molar-refractivity contribution in [1.29, 1.82) is 0 Å². The highest BCUT2D eigenvalue weighted by Gasteiger charge is 2.28. The van der Waals surface area contributed by atoms with Crippen molar-refractivity contribution in [2.75, 3.05) is 19.7 Å². The lowest BCUT2D eigenvalue weighted by Gasteiger charge is -2.24. The van der Waals surface area contributed by atoms with Gasteiger partial charge in [-0.3, -0.25) is 9.48 Å². The van der Waals surface area contributed by atoms with Crippen LogP contribution < -0.4 is 0 Å². The highest BCUT2D eigenvalue weighted by atomic mass is 16.5. The summed E-state index contributed by atoms with van der Waals surface area (Å²) in [5, 5.41) is 8.78. The van der Waals surface area contributed by atoms with Crippen molar-refractivity contribution in [3.8, 4) is 0 Å². The highest BCUT2D eigenvalue weighted by Crippen LogP contribution is 2.20. The molecule has 1 atom stereocenters. The maximum Gasteiger partial charge on any atom is 0.259 e. The molecule has 4 heterocycles.